The normalized spacial score (nSPS) is 10.7. The van der Waals surface area contributed by atoms with Crippen LogP contribution in [-0.2, 0) is 14.3 Å². The summed E-state index contributed by atoms with van der Waals surface area (Å²) in [6, 6.07) is 11.9. The monoisotopic (exact) mass is 443 g/mol. The molecule has 0 saturated carbocycles. The fourth-order valence-electron chi connectivity index (χ4n) is 2.97. The summed E-state index contributed by atoms with van der Waals surface area (Å²) >= 11 is 6.21. The number of amides is 1. The molecule has 0 aliphatic heterocycles. The molecular weight excluding hydrogens is 422 g/mol. The number of rotatable bonds is 6. The molecule has 0 aliphatic carbocycles. The van der Waals surface area contributed by atoms with Gasteiger partial charge in [-0.15, -0.1) is 0 Å². The molecule has 8 heteroatoms. The topological polar surface area (TPSA) is 86.0 Å². The third-order valence-electron chi connectivity index (χ3n) is 4.59. The maximum absolute atomic E-state index is 12.6. The van der Waals surface area contributed by atoms with E-state index in [0.717, 1.165) is 5.56 Å². The summed E-state index contributed by atoms with van der Waals surface area (Å²) in [6.07, 6.45) is 0. The molecule has 3 rings (SSSR count). The summed E-state index contributed by atoms with van der Waals surface area (Å²) in [6.45, 7) is 3.95. The Morgan fingerprint density at radius 3 is 2.68 bits per heavy atom. The molecule has 3 aromatic rings. The van der Waals surface area contributed by atoms with Gasteiger partial charge in [-0.3, -0.25) is 9.59 Å². The highest BCUT2D eigenvalue weighted by molar-refractivity contribution is 6.34. The van der Waals surface area contributed by atoms with Crippen molar-refractivity contribution in [1.82, 2.24) is 4.90 Å². The van der Waals surface area contributed by atoms with Crippen molar-refractivity contribution in [2.45, 2.75) is 13.8 Å². The van der Waals surface area contributed by atoms with E-state index >= 15 is 0 Å². The SMILES string of the molecule is CCOC(=O)C(=O)N(C)CCOc1cc(C)ccc1-c1cc(=O)c2cccc(Cl)c2o1. The number of benzene rings is 2. The summed E-state index contributed by atoms with van der Waals surface area (Å²) in [5.74, 6) is -0.857. The Kier molecular flexibility index (Phi) is 6.97. The van der Waals surface area contributed by atoms with Crippen molar-refractivity contribution in [3.8, 4) is 17.1 Å². The lowest BCUT2D eigenvalue weighted by Gasteiger charge is -2.17. The Bertz CT molecular complexity index is 1190. The van der Waals surface area contributed by atoms with Crippen LogP contribution >= 0.6 is 11.6 Å². The third-order valence-corrected chi connectivity index (χ3v) is 4.89. The largest absolute Gasteiger partial charge is 0.491 e. The van der Waals surface area contributed by atoms with Gasteiger partial charge < -0.3 is 18.8 Å². The third kappa shape index (κ3) is 5.06. The minimum atomic E-state index is -0.906. The van der Waals surface area contributed by atoms with E-state index in [1.54, 1.807) is 37.3 Å². The van der Waals surface area contributed by atoms with Crippen molar-refractivity contribution >= 4 is 34.4 Å². The maximum atomic E-state index is 12.6. The van der Waals surface area contributed by atoms with E-state index in [1.807, 2.05) is 13.0 Å². The van der Waals surface area contributed by atoms with Crippen LogP contribution in [0.4, 0.5) is 0 Å². The molecular formula is C23H22ClNO6. The fourth-order valence-corrected chi connectivity index (χ4v) is 3.18. The van der Waals surface area contributed by atoms with Crippen molar-refractivity contribution in [3.05, 3.63) is 63.3 Å². The van der Waals surface area contributed by atoms with Gasteiger partial charge >= 0.3 is 11.9 Å². The van der Waals surface area contributed by atoms with Gasteiger partial charge in [0, 0.05) is 13.1 Å². The Balaban J connectivity index is 1.84. The second-order valence-corrected chi connectivity index (χ2v) is 7.29. The summed E-state index contributed by atoms with van der Waals surface area (Å²) < 4.78 is 16.5. The van der Waals surface area contributed by atoms with Gasteiger partial charge in [0.1, 0.15) is 18.1 Å². The highest BCUT2D eigenvalue weighted by Crippen LogP contribution is 2.33. The van der Waals surface area contributed by atoms with E-state index in [2.05, 4.69) is 0 Å². The molecule has 0 spiro atoms. The van der Waals surface area contributed by atoms with Gasteiger partial charge in [-0.25, -0.2) is 4.79 Å². The lowest BCUT2D eigenvalue weighted by Crippen LogP contribution is -2.37. The lowest BCUT2D eigenvalue weighted by molar-refractivity contribution is -0.159. The standard InChI is InChI=1S/C23H22ClNO6/c1-4-29-23(28)22(27)25(3)10-11-30-19-12-14(2)8-9-16(19)20-13-18(26)15-6-5-7-17(24)21(15)31-20/h5-9,12-13H,4,10-11H2,1-3H3. The van der Waals surface area contributed by atoms with Crippen LogP contribution in [0.5, 0.6) is 5.75 Å². The summed E-state index contributed by atoms with van der Waals surface area (Å²) in [5, 5.41) is 0.732. The Morgan fingerprint density at radius 2 is 1.94 bits per heavy atom. The van der Waals surface area contributed by atoms with Crippen molar-refractivity contribution in [3.63, 3.8) is 0 Å². The highest BCUT2D eigenvalue weighted by Gasteiger charge is 2.20. The predicted molar refractivity (Wildman–Crippen MR) is 117 cm³/mol. The summed E-state index contributed by atoms with van der Waals surface area (Å²) in [4.78, 5) is 37.3. The number of hydrogen-bond donors (Lipinski definition) is 0. The van der Waals surface area contributed by atoms with Crippen LogP contribution in [0.1, 0.15) is 12.5 Å². The minimum absolute atomic E-state index is 0.122. The first-order valence-electron chi connectivity index (χ1n) is 9.70. The maximum Gasteiger partial charge on any atom is 0.397 e. The van der Waals surface area contributed by atoms with Crippen molar-refractivity contribution < 1.29 is 23.5 Å². The number of para-hydroxylation sites is 1. The molecule has 0 saturated heterocycles. The van der Waals surface area contributed by atoms with Crippen molar-refractivity contribution in [2.24, 2.45) is 0 Å². The molecule has 1 aromatic heterocycles. The van der Waals surface area contributed by atoms with Crippen molar-refractivity contribution in [1.29, 1.82) is 0 Å². The van der Waals surface area contributed by atoms with Crippen LogP contribution in [-0.4, -0.2) is 43.6 Å². The van der Waals surface area contributed by atoms with E-state index in [9.17, 15) is 14.4 Å². The molecule has 2 aromatic carbocycles. The molecule has 0 unspecified atom stereocenters. The van der Waals surface area contributed by atoms with E-state index < -0.39 is 11.9 Å². The zero-order valence-corrected chi connectivity index (χ0v) is 18.2. The zero-order chi connectivity index (χ0) is 22.5. The number of aryl methyl sites for hydroxylation is 1. The number of carbonyl (C=O) groups is 2. The van der Waals surface area contributed by atoms with E-state index in [1.165, 1.54) is 18.0 Å². The Morgan fingerprint density at radius 1 is 1.16 bits per heavy atom. The van der Waals surface area contributed by atoms with E-state index in [0.29, 0.717) is 33.1 Å². The number of fused-ring (bicyclic) bond motifs is 1. The molecule has 0 atom stereocenters. The minimum Gasteiger partial charge on any atom is -0.491 e. The number of nitrogens with zero attached hydrogens (tertiary/aromatic N) is 1. The number of likely N-dealkylation sites (N-methyl/N-ethyl adjacent to an activating group) is 1. The van der Waals surface area contributed by atoms with E-state index in [-0.39, 0.29) is 25.2 Å². The molecule has 1 amide bonds. The molecule has 0 aliphatic rings. The molecule has 0 bridgehead atoms. The van der Waals surface area contributed by atoms with Crippen LogP contribution in [0.2, 0.25) is 5.02 Å². The van der Waals surface area contributed by atoms with Crippen LogP contribution in [0, 0.1) is 6.92 Å². The summed E-state index contributed by atoms with van der Waals surface area (Å²) in [7, 11) is 1.49. The van der Waals surface area contributed by atoms with Crippen LogP contribution in [0.15, 0.2) is 51.7 Å². The zero-order valence-electron chi connectivity index (χ0n) is 17.4. The van der Waals surface area contributed by atoms with Gasteiger partial charge in [0.15, 0.2) is 11.0 Å². The van der Waals surface area contributed by atoms with E-state index in [4.69, 9.17) is 25.5 Å². The molecule has 7 nitrogen and oxygen atoms in total. The molecule has 162 valence electrons. The number of carbonyl (C=O) groups excluding carboxylic acids is 2. The van der Waals surface area contributed by atoms with Crippen LogP contribution < -0.4 is 10.2 Å². The average Bonchev–Trinajstić information content (AvgIpc) is 2.74. The van der Waals surface area contributed by atoms with Gasteiger partial charge in [0.2, 0.25) is 0 Å². The molecule has 0 radical (unpaired) electrons. The number of esters is 1. The van der Waals surface area contributed by atoms with Crippen LogP contribution in [0.3, 0.4) is 0 Å². The number of halogens is 1. The first kappa shape index (κ1) is 22.4. The number of hydrogen-bond acceptors (Lipinski definition) is 6. The number of ether oxygens (including phenoxy) is 2. The van der Waals surface area contributed by atoms with Gasteiger partial charge in [-0.1, -0.05) is 23.7 Å². The van der Waals surface area contributed by atoms with Gasteiger partial charge in [0.25, 0.3) is 0 Å². The van der Waals surface area contributed by atoms with Gasteiger partial charge in [-0.2, -0.15) is 0 Å². The Hall–Kier alpha value is -3.32. The van der Waals surface area contributed by atoms with Gasteiger partial charge in [-0.05, 0) is 43.7 Å². The quantitative estimate of drug-likeness (QED) is 0.425. The smallest absolute Gasteiger partial charge is 0.397 e. The molecule has 31 heavy (non-hydrogen) atoms. The molecule has 0 fully saturated rings. The second kappa shape index (κ2) is 9.66. The molecule has 0 N–H and O–H groups in total. The van der Waals surface area contributed by atoms with Crippen molar-refractivity contribution in [2.75, 3.05) is 26.8 Å². The van der Waals surface area contributed by atoms with Crippen LogP contribution in [0.25, 0.3) is 22.3 Å². The first-order valence-corrected chi connectivity index (χ1v) is 10.1. The fraction of sp³-hybridized carbons (Fsp3) is 0.261. The Labute approximate surface area is 184 Å². The second-order valence-electron chi connectivity index (χ2n) is 6.89. The highest BCUT2D eigenvalue weighted by atomic mass is 35.5. The van der Waals surface area contributed by atoms with Gasteiger partial charge in [0.05, 0.1) is 29.1 Å². The average molecular weight is 444 g/mol. The first-order chi connectivity index (χ1) is 14.8. The predicted octanol–water partition coefficient (Wildman–Crippen LogP) is 3.82. The lowest BCUT2D eigenvalue weighted by atomic mass is 10.1. The molecule has 1 heterocycles. The summed E-state index contributed by atoms with van der Waals surface area (Å²) in [5.41, 5.74) is 1.60.